The molecule has 1 aromatic carbocycles. The number of benzene rings is 1. The molecule has 2 rings (SSSR count). The second kappa shape index (κ2) is 8.08. The summed E-state index contributed by atoms with van der Waals surface area (Å²) < 4.78 is 5.56. The van der Waals surface area contributed by atoms with Crippen LogP contribution in [0.4, 0.5) is 0 Å². The van der Waals surface area contributed by atoms with E-state index < -0.39 is 0 Å². The van der Waals surface area contributed by atoms with Gasteiger partial charge in [0.25, 0.3) is 0 Å². The zero-order chi connectivity index (χ0) is 13.3. The minimum atomic E-state index is 0.155. The minimum absolute atomic E-state index is 0.155. The molecular formula is C16H21NOS. The van der Waals surface area contributed by atoms with Crippen LogP contribution in [0.3, 0.4) is 0 Å². The van der Waals surface area contributed by atoms with E-state index in [9.17, 15) is 0 Å². The van der Waals surface area contributed by atoms with Crippen LogP contribution in [0.5, 0.6) is 0 Å². The van der Waals surface area contributed by atoms with Gasteiger partial charge in [-0.15, -0.1) is 0 Å². The molecule has 2 nitrogen and oxygen atoms in total. The normalized spacial score (nSPS) is 12.5. The molecule has 1 aromatic heterocycles. The lowest BCUT2D eigenvalue weighted by atomic mass is 10.0. The fourth-order valence-electron chi connectivity index (χ4n) is 2.05. The van der Waals surface area contributed by atoms with Gasteiger partial charge in [-0.3, -0.25) is 0 Å². The molecule has 0 bridgehead atoms. The van der Waals surface area contributed by atoms with Crippen LogP contribution >= 0.6 is 11.8 Å². The van der Waals surface area contributed by atoms with Crippen molar-refractivity contribution in [2.75, 3.05) is 18.1 Å². The summed E-state index contributed by atoms with van der Waals surface area (Å²) in [6, 6.07) is 14.6. The van der Waals surface area contributed by atoms with Crippen molar-refractivity contribution in [3.8, 4) is 0 Å². The lowest BCUT2D eigenvalue weighted by Gasteiger charge is -2.17. The summed E-state index contributed by atoms with van der Waals surface area (Å²) in [4.78, 5) is 0. The van der Waals surface area contributed by atoms with Crippen molar-refractivity contribution in [2.45, 2.75) is 19.4 Å². The Morgan fingerprint density at radius 1 is 1.16 bits per heavy atom. The molecule has 1 unspecified atom stereocenters. The Balaban J connectivity index is 1.96. The van der Waals surface area contributed by atoms with E-state index >= 15 is 0 Å². The van der Waals surface area contributed by atoms with E-state index in [0.29, 0.717) is 0 Å². The molecule has 0 saturated heterocycles. The summed E-state index contributed by atoms with van der Waals surface area (Å²) in [6.07, 6.45) is 2.92. The first-order chi connectivity index (χ1) is 9.42. The number of nitrogens with one attached hydrogen (secondary N) is 1. The minimum Gasteiger partial charge on any atom is -0.467 e. The summed E-state index contributed by atoms with van der Waals surface area (Å²) >= 11 is 1.99. The average molecular weight is 275 g/mol. The van der Waals surface area contributed by atoms with E-state index in [1.807, 2.05) is 30.0 Å². The first-order valence-corrected chi connectivity index (χ1v) is 7.96. The van der Waals surface area contributed by atoms with Crippen molar-refractivity contribution in [3.63, 3.8) is 0 Å². The maximum Gasteiger partial charge on any atom is 0.125 e. The average Bonchev–Trinajstić information content (AvgIpc) is 2.98. The number of furan rings is 1. The van der Waals surface area contributed by atoms with Crippen molar-refractivity contribution in [3.05, 3.63) is 60.1 Å². The van der Waals surface area contributed by atoms with Crippen molar-refractivity contribution in [1.29, 1.82) is 0 Å². The zero-order valence-electron chi connectivity index (χ0n) is 11.3. The highest BCUT2D eigenvalue weighted by atomic mass is 32.2. The third-order valence-corrected chi connectivity index (χ3v) is 3.96. The van der Waals surface area contributed by atoms with Gasteiger partial charge in [0.15, 0.2) is 0 Å². The standard InChI is InChI=1S/C16H21NOS/c1-2-19-13-7-11-17-16(15-10-6-12-18-15)14-8-4-3-5-9-14/h3-6,8-10,12,16-17H,2,7,11,13H2,1H3. The third-order valence-electron chi connectivity index (χ3n) is 2.98. The number of rotatable bonds is 8. The molecule has 0 saturated carbocycles. The van der Waals surface area contributed by atoms with E-state index in [1.165, 1.54) is 23.5 Å². The Hall–Kier alpha value is -1.19. The lowest BCUT2D eigenvalue weighted by molar-refractivity contribution is 0.447. The predicted molar refractivity (Wildman–Crippen MR) is 82.6 cm³/mol. The van der Waals surface area contributed by atoms with Gasteiger partial charge in [-0.1, -0.05) is 37.3 Å². The van der Waals surface area contributed by atoms with Gasteiger partial charge >= 0.3 is 0 Å². The number of thioether (sulfide) groups is 1. The van der Waals surface area contributed by atoms with E-state index in [4.69, 9.17) is 4.42 Å². The first kappa shape index (κ1) is 14.2. The summed E-state index contributed by atoms with van der Waals surface area (Å²) in [5.74, 6) is 3.39. The van der Waals surface area contributed by atoms with E-state index in [-0.39, 0.29) is 6.04 Å². The van der Waals surface area contributed by atoms with Gasteiger partial charge in [0.05, 0.1) is 12.3 Å². The van der Waals surface area contributed by atoms with E-state index in [0.717, 1.165) is 12.3 Å². The van der Waals surface area contributed by atoms with Crippen LogP contribution in [0.25, 0.3) is 0 Å². The van der Waals surface area contributed by atoms with Gasteiger partial charge in [-0.25, -0.2) is 0 Å². The zero-order valence-corrected chi connectivity index (χ0v) is 12.2. The number of hydrogen-bond acceptors (Lipinski definition) is 3. The fourth-order valence-corrected chi connectivity index (χ4v) is 2.69. The van der Waals surface area contributed by atoms with Gasteiger partial charge in [0.2, 0.25) is 0 Å². The molecule has 2 aromatic rings. The molecule has 3 heteroatoms. The second-order valence-electron chi connectivity index (χ2n) is 4.36. The molecule has 0 spiro atoms. The van der Waals surface area contributed by atoms with E-state index in [1.54, 1.807) is 6.26 Å². The molecule has 0 aliphatic heterocycles. The SMILES string of the molecule is CCSCCCNC(c1ccccc1)c1ccco1. The third kappa shape index (κ3) is 4.44. The largest absolute Gasteiger partial charge is 0.467 e. The van der Waals surface area contributed by atoms with Crippen LogP contribution in [-0.2, 0) is 0 Å². The van der Waals surface area contributed by atoms with Gasteiger partial charge in [-0.05, 0) is 42.2 Å². The summed E-state index contributed by atoms with van der Waals surface area (Å²) in [5, 5.41) is 3.59. The molecule has 0 aliphatic carbocycles. The topological polar surface area (TPSA) is 25.2 Å². The van der Waals surface area contributed by atoms with Crippen LogP contribution in [0.15, 0.2) is 53.1 Å². The summed E-state index contributed by atoms with van der Waals surface area (Å²) in [5.41, 5.74) is 1.25. The van der Waals surface area contributed by atoms with Gasteiger partial charge in [0, 0.05) is 0 Å². The van der Waals surface area contributed by atoms with E-state index in [2.05, 4.69) is 36.5 Å². The molecule has 102 valence electrons. The highest BCUT2D eigenvalue weighted by molar-refractivity contribution is 7.99. The molecule has 1 N–H and O–H groups in total. The first-order valence-electron chi connectivity index (χ1n) is 6.81. The van der Waals surface area contributed by atoms with Crippen molar-refractivity contribution >= 4 is 11.8 Å². The Labute approximate surface area is 119 Å². The van der Waals surface area contributed by atoms with Gasteiger partial charge < -0.3 is 9.73 Å². The molecule has 1 atom stereocenters. The van der Waals surface area contributed by atoms with Gasteiger partial charge in [-0.2, -0.15) is 11.8 Å². The molecule has 0 amide bonds. The smallest absolute Gasteiger partial charge is 0.125 e. The summed E-state index contributed by atoms with van der Waals surface area (Å²) in [6.45, 7) is 3.21. The maximum atomic E-state index is 5.56. The quantitative estimate of drug-likeness (QED) is 0.734. The Morgan fingerprint density at radius 3 is 2.68 bits per heavy atom. The van der Waals surface area contributed by atoms with Crippen molar-refractivity contribution in [2.24, 2.45) is 0 Å². The molecule has 19 heavy (non-hydrogen) atoms. The van der Waals surface area contributed by atoms with Crippen molar-refractivity contribution in [1.82, 2.24) is 5.32 Å². The van der Waals surface area contributed by atoms with Crippen LogP contribution < -0.4 is 5.32 Å². The van der Waals surface area contributed by atoms with Crippen LogP contribution in [0, 0.1) is 0 Å². The Kier molecular flexibility index (Phi) is 6.05. The van der Waals surface area contributed by atoms with Crippen molar-refractivity contribution < 1.29 is 4.42 Å². The highest BCUT2D eigenvalue weighted by Gasteiger charge is 2.15. The fraction of sp³-hybridized carbons (Fsp3) is 0.375. The Morgan fingerprint density at radius 2 is 2.00 bits per heavy atom. The lowest BCUT2D eigenvalue weighted by Crippen LogP contribution is -2.23. The van der Waals surface area contributed by atoms with Crippen LogP contribution in [0.1, 0.15) is 30.7 Å². The predicted octanol–water partition coefficient (Wildman–Crippen LogP) is 4.10. The molecule has 0 radical (unpaired) electrons. The second-order valence-corrected chi connectivity index (χ2v) is 5.76. The molecule has 1 heterocycles. The summed E-state index contributed by atoms with van der Waals surface area (Å²) in [7, 11) is 0. The molecule has 0 aliphatic rings. The van der Waals surface area contributed by atoms with Crippen LogP contribution in [0.2, 0.25) is 0 Å². The molecule has 0 fully saturated rings. The molecular weight excluding hydrogens is 254 g/mol. The number of hydrogen-bond donors (Lipinski definition) is 1. The highest BCUT2D eigenvalue weighted by Crippen LogP contribution is 2.22. The van der Waals surface area contributed by atoms with Gasteiger partial charge in [0.1, 0.15) is 5.76 Å². The maximum absolute atomic E-state index is 5.56. The monoisotopic (exact) mass is 275 g/mol. The Bertz CT molecular complexity index is 441. The van der Waals surface area contributed by atoms with Crippen LogP contribution in [-0.4, -0.2) is 18.1 Å².